The van der Waals surface area contributed by atoms with Gasteiger partial charge in [-0.05, 0) is 19.1 Å². The predicted molar refractivity (Wildman–Crippen MR) is 47.5 cm³/mol. The number of nitrogens with two attached hydrogens (primary N) is 1. The van der Waals surface area contributed by atoms with E-state index in [1.165, 1.54) is 6.92 Å². The lowest BCUT2D eigenvalue weighted by atomic mass is 10.1. The molecule has 0 aliphatic heterocycles. The smallest absolute Gasteiger partial charge is 0.263 e. The Morgan fingerprint density at radius 3 is 2.50 bits per heavy atom. The number of rotatable bonds is 2. The van der Waals surface area contributed by atoms with Crippen molar-refractivity contribution >= 4 is 11.5 Å². The number of phenolic OH excluding ortho intramolecular Hbond substituents is 1. The third kappa shape index (κ3) is 1.81. The molecule has 3 N–H and O–H groups in total. The van der Waals surface area contributed by atoms with Crippen molar-refractivity contribution in [1.82, 2.24) is 0 Å². The van der Waals surface area contributed by atoms with Crippen LogP contribution in [0.1, 0.15) is 29.3 Å². The molecule has 0 radical (unpaired) electrons. The Balaban J connectivity index is 3.35. The molecular formula is C9H9F2NO2. The van der Waals surface area contributed by atoms with Crippen molar-refractivity contribution in [3.63, 3.8) is 0 Å². The molecule has 3 nitrogen and oxygen atoms in total. The van der Waals surface area contributed by atoms with E-state index in [-0.39, 0.29) is 16.8 Å². The highest BCUT2D eigenvalue weighted by Crippen LogP contribution is 2.31. The molecule has 0 bridgehead atoms. The zero-order valence-corrected chi connectivity index (χ0v) is 7.42. The Bertz CT molecular complexity index is 377. The van der Waals surface area contributed by atoms with Crippen molar-refractivity contribution < 1.29 is 18.7 Å². The summed E-state index contributed by atoms with van der Waals surface area (Å²) < 4.78 is 24.5. The molecule has 0 aliphatic carbocycles. The van der Waals surface area contributed by atoms with Gasteiger partial charge in [-0.3, -0.25) is 4.79 Å². The summed E-state index contributed by atoms with van der Waals surface area (Å²) in [5, 5.41) is 9.28. The summed E-state index contributed by atoms with van der Waals surface area (Å²) in [6, 6.07) is 1.89. The minimum Gasteiger partial charge on any atom is -0.505 e. The van der Waals surface area contributed by atoms with Gasteiger partial charge in [0.05, 0.1) is 11.3 Å². The zero-order chi connectivity index (χ0) is 10.9. The van der Waals surface area contributed by atoms with Gasteiger partial charge in [-0.2, -0.15) is 0 Å². The van der Waals surface area contributed by atoms with E-state index in [2.05, 4.69) is 0 Å². The first-order valence-electron chi connectivity index (χ1n) is 3.85. The third-order valence-corrected chi connectivity index (χ3v) is 1.79. The van der Waals surface area contributed by atoms with Crippen LogP contribution in [0.2, 0.25) is 0 Å². The standard InChI is InChI=1S/C9H9F2NO2/c1-4(13)6-2-5(9(10)11)3-7(12)8(6)14/h2-3,9,14H,12H2,1H3. The monoisotopic (exact) mass is 201 g/mol. The van der Waals surface area contributed by atoms with Crippen molar-refractivity contribution in [3.05, 3.63) is 23.3 Å². The van der Waals surface area contributed by atoms with E-state index >= 15 is 0 Å². The summed E-state index contributed by atoms with van der Waals surface area (Å²) in [7, 11) is 0. The fourth-order valence-corrected chi connectivity index (χ4v) is 1.07. The normalized spacial score (nSPS) is 10.6. The van der Waals surface area contributed by atoms with Crippen molar-refractivity contribution in [3.8, 4) is 5.75 Å². The molecule has 0 heterocycles. The Labute approximate surface area is 79.2 Å². The average molecular weight is 201 g/mol. The third-order valence-electron chi connectivity index (χ3n) is 1.79. The minimum absolute atomic E-state index is 0.180. The van der Waals surface area contributed by atoms with Crippen LogP contribution in [-0.4, -0.2) is 10.9 Å². The van der Waals surface area contributed by atoms with Crippen LogP contribution < -0.4 is 5.73 Å². The first kappa shape index (κ1) is 10.4. The summed E-state index contributed by atoms with van der Waals surface area (Å²) in [5.41, 5.74) is 4.50. The zero-order valence-electron chi connectivity index (χ0n) is 7.42. The van der Waals surface area contributed by atoms with Gasteiger partial charge in [0.25, 0.3) is 6.43 Å². The summed E-state index contributed by atoms with van der Waals surface area (Å²) >= 11 is 0. The molecule has 0 saturated carbocycles. The number of carbonyl (C=O) groups is 1. The summed E-state index contributed by atoms with van der Waals surface area (Å²) in [5.74, 6) is -0.946. The van der Waals surface area contributed by atoms with Crippen LogP contribution in [0.5, 0.6) is 5.75 Å². The molecule has 0 fully saturated rings. The quantitative estimate of drug-likeness (QED) is 0.437. The maximum Gasteiger partial charge on any atom is 0.263 e. The van der Waals surface area contributed by atoms with Gasteiger partial charge in [0, 0.05) is 5.56 Å². The van der Waals surface area contributed by atoms with Gasteiger partial charge < -0.3 is 10.8 Å². The van der Waals surface area contributed by atoms with Gasteiger partial charge in [0.1, 0.15) is 5.75 Å². The molecule has 5 heteroatoms. The average Bonchev–Trinajstić information content (AvgIpc) is 2.08. The van der Waals surface area contributed by atoms with Gasteiger partial charge in [0.2, 0.25) is 0 Å². The number of ketones is 1. The lowest BCUT2D eigenvalue weighted by Crippen LogP contribution is -1.99. The van der Waals surface area contributed by atoms with Crippen molar-refractivity contribution in [2.75, 3.05) is 5.73 Å². The molecule has 76 valence electrons. The van der Waals surface area contributed by atoms with Crippen LogP contribution in [0.15, 0.2) is 12.1 Å². The van der Waals surface area contributed by atoms with Gasteiger partial charge in [-0.1, -0.05) is 0 Å². The molecule has 0 amide bonds. The highest BCUT2D eigenvalue weighted by Gasteiger charge is 2.15. The lowest BCUT2D eigenvalue weighted by Gasteiger charge is -2.07. The molecule has 14 heavy (non-hydrogen) atoms. The number of phenols is 1. The van der Waals surface area contributed by atoms with Gasteiger partial charge in [-0.15, -0.1) is 0 Å². The van der Waals surface area contributed by atoms with E-state index in [4.69, 9.17) is 5.73 Å². The van der Waals surface area contributed by atoms with E-state index in [9.17, 15) is 18.7 Å². The maximum absolute atomic E-state index is 12.3. The van der Waals surface area contributed by atoms with Crippen LogP contribution in [0, 0.1) is 0 Å². The Morgan fingerprint density at radius 1 is 1.50 bits per heavy atom. The van der Waals surface area contributed by atoms with E-state index in [0.717, 1.165) is 12.1 Å². The molecule has 0 atom stereocenters. The van der Waals surface area contributed by atoms with Crippen LogP contribution >= 0.6 is 0 Å². The van der Waals surface area contributed by atoms with Gasteiger partial charge in [0.15, 0.2) is 5.78 Å². The summed E-state index contributed by atoms with van der Waals surface area (Å²) in [4.78, 5) is 10.9. The molecule has 0 aromatic heterocycles. The Hall–Kier alpha value is -1.65. The molecular weight excluding hydrogens is 192 g/mol. The van der Waals surface area contributed by atoms with Crippen molar-refractivity contribution in [1.29, 1.82) is 0 Å². The van der Waals surface area contributed by atoms with Gasteiger partial charge in [-0.25, -0.2) is 8.78 Å². The number of carbonyl (C=O) groups excluding carboxylic acids is 1. The summed E-state index contributed by atoms with van der Waals surface area (Å²) in [6.07, 6.45) is -2.71. The number of halogens is 2. The highest BCUT2D eigenvalue weighted by molar-refractivity contribution is 5.98. The fourth-order valence-electron chi connectivity index (χ4n) is 1.07. The van der Waals surface area contributed by atoms with Crippen LogP contribution in [0.3, 0.4) is 0 Å². The maximum atomic E-state index is 12.3. The first-order chi connectivity index (χ1) is 6.43. The van der Waals surface area contributed by atoms with Crippen LogP contribution in [0.25, 0.3) is 0 Å². The molecule has 1 aromatic carbocycles. The number of alkyl halides is 2. The second-order valence-electron chi connectivity index (χ2n) is 2.86. The van der Waals surface area contributed by atoms with E-state index in [1.807, 2.05) is 0 Å². The molecule has 0 unspecified atom stereocenters. The number of aromatic hydroxyl groups is 1. The molecule has 0 aliphatic rings. The minimum atomic E-state index is -2.71. The number of benzene rings is 1. The summed E-state index contributed by atoms with van der Waals surface area (Å²) in [6.45, 7) is 1.17. The van der Waals surface area contributed by atoms with E-state index in [0.29, 0.717) is 0 Å². The number of hydrogen-bond acceptors (Lipinski definition) is 3. The predicted octanol–water partition coefficient (Wildman–Crippen LogP) is 2.11. The Morgan fingerprint density at radius 2 is 2.07 bits per heavy atom. The molecule has 1 rings (SSSR count). The topological polar surface area (TPSA) is 63.3 Å². The number of Topliss-reactive ketones (excluding diaryl/α,β-unsaturated/α-hetero) is 1. The molecule has 0 saturated heterocycles. The van der Waals surface area contributed by atoms with Crippen molar-refractivity contribution in [2.24, 2.45) is 0 Å². The number of nitrogen functional groups attached to an aromatic ring is 1. The van der Waals surface area contributed by atoms with Crippen LogP contribution in [0.4, 0.5) is 14.5 Å². The molecule has 0 spiro atoms. The van der Waals surface area contributed by atoms with E-state index < -0.39 is 18.0 Å². The molecule has 1 aromatic rings. The second-order valence-corrected chi connectivity index (χ2v) is 2.86. The highest BCUT2D eigenvalue weighted by atomic mass is 19.3. The van der Waals surface area contributed by atoms with Gasteiger partial charge >= 0.3 is 0 Å². The fraction of sp³-hybridized carbons (Fsp3) is 0.222. The first-order valence-corrected chi connectivity index (χ1v) is 3.85. The van der Waals surface area contributed by atoms with Crippen molar-refractivity contribution in [2.45, 2.75) is 13.3 Å². The largest absolute Gasteiger partial charge is 0.505 e. The van der Waals surface area contributed by atoms with Crippen LogP contribution in [-0.2, 0) is 0 Å². The number of anilines is 1. The number of hydrogen-bond donors (Lipinski definition) is 2. The van der Waals surface area contributed by atoms with E-state index in [1.54, 1.807) is 0 Å². The Kier molecular flexibility index (Phi) is 2.69. The lowest BCUT2D eigenvalue weighted by molar-refractivity contribution is 0.101. The second kappa shape index (κ2) is 3.61. The SMILES string of the molecule is CC(=O)c1cc(C(F)F)cc(N)c1O.